The van der Waals surface area contributed by atoms with Crippen LogP contribution in [0.15, 0.2) is 24.3 Å². The molecule has 0 heterocycles. The zero-order chi connectivity index (χ0) is 15.7. The van der Waals surface area contributed by atoms with E-state index in [1.807, 2.05) is 0 Å². The molecule has 0 radical (unpaired) electrons. The average molecular weight is 303 g/mol. The molecule has 1 fully saturated rings. The quantitative estimate of drug-likeness (QED) is 0.848. The smallest absolute Gasteiger partial charge is 0.419 e. The molecular weight excluding hydrogens is 287 g/mol. The molecule has 1 aliphatic rings. The van der Waals surface area contributed by atoms with Crippen molar-refractivity contribution in [2.45, 2.75) is 24.6 Å². The summed E-state index contributed by atoms with van der Waals surface area (Å²) in [6.07, 6.45) is -3.07. The molecule has 1 atom stereocenters. The summed E-state index contributed by atoms with van der Waals surface area (Å²) in [7, 11) is 1.19. The van der Waals surface area contributed by atoms with E-state index in [-0.39, 0.29) is 18.3 Å². The predicted octanol–water partition coefficient (Wildman–Crippen LogP) is 2.36. The molecule has 1 saturated carbocycles. The monoisotopic (exact) mass is 303 g/mol. The highest BCUT2D eigenvalue weighted by atomic mass is 19.4. The van der Waals surface area contributed by atoms with Crippen molar-refractivity contribution in [3.05, 3.63) is 29.8 Å². The van der Waals surface area contributed by atoms with Gasteiger partial charge in [-0.2, -0.15) is 13.2 Å². The lowest BCUT2D eigenvalue weighted by Crippen LogP contribution is -2.55. The molecule has 1 aliphatic carbocycles. The highest BCUT2D eigenvalue weighted by molar-refractivity contribution is 5.81. The molecule has 116 valence electrons. The van der Waals surface area contributed by atoms with Gasteiger partial charge in [-0.25, -0.2) is 4.79 Å². The number of hydrogen-bond donors (Lipinski definition) is 1. The maximum atomic E-state index is 12.9. The zero-order valence-corrected chi connectivity index (χ0v) is 11.4. The first-order valence-corrected chi connectivity index (χ1v) is 6.45. The Bertz CT molecular complexity index is 528. The van der Waals surface area contributed by atoms with Gasteiger partial charge in [0.1, 0.15) is 12.4 Å². The molecule has 4 nitrogen and oxygen atoms in total. The lowest BCUT2D eigenvalue weighted by molar-refractivity contribution is -0.149. The second-order valence-electron chi connectivity index (χ2n) is 5.09. The largest absolute Gasteiger partial charge is 0.490 e. The van der Waals surface area contributed by atoms with Crippen LogP contribution in [-0.4, -0.2) is 25.2 Å². The number of hydrogen-bond acceptors (Lipinski definition) is 4. The Balaban J connectivity index is 2.17. The minimum absolute atomic E-state index is 0.122. The number of carbonyl (C=O) groups is 1. The van der Waals surface area contributed by atoms with Crippen LogP contribution in [0.5, 0.6) is 5.75 Å². The van der Waals surface area contributed by atoms with Crippen LogP contribution in [0.3, 0.4) is 0 Å². The lowest BCUT2D eigenvalue weighted by atomic mass is 9.96. The van der Waals surface area contributed by atoms with Crippen molar-refractivity contribution in [2.24, 2.45) is 11.7 Å². The van der Waals surface area contributed by atoms with E-state index in [1.165, 1.54) is 25.3 Å². The Morgan fingerprint density at radius 2 is 1.95 bits per heavy atom. The van der Waals surface area contributed by atoms with Crippen molar-refractivity contribution < 1.29 is 27.4 Å². The van der Waals surface area contributed by atoms with Gasteiger partial charge in [0.25, 0.3) is 0 Å². The van der Waals surface area contributed by atoms with Crippen molar-refractivity contribution in [3.63, 3.8) is 0 Å². The van der Waals surface area contributed by atoms with Gasteiger partial charge in [0.2, 0.25) is 0 Å². The van der Waals surface area contributed by atoms with Gasteiger partial charge in [-0.3, -0.25) is 0 Å². The van der Waals surface area contributed by atoms with E-state index in [9.17, 15) is 18.0 Å². The molecule has 0 aromatic heterocycles. The van der Waals surface area contributed by atoms with Crippen molar-refractivity contribution in [1.82, 2.24) is 0 Å². The molecule has 2 rings (SSSR count). The molecule has 21 heavy (non-hydrogen) atoms. The number of para-hydroxylation sites is 1. The van der Waals surface area contributed by atoms with Gasteiger partial charge < -0.3 is 15.2 Å². The second kappa shape index (κ2) is 5.55. The topological polar surface area (TPSA) is 61.5 Å². The zero-order valence-electron chi connectivity index (χ0n) is 11.4. The number of ether oxygens (including phenoxy) is 2. The second-order valence-corrected chi connectivity index (χ2v) is 5.09. The number of nitrogens with two attached hydrogens (primary N) is 1. The van der Waals surface area contributed by atoms with Crippen LogP contribution in [0, 0.1) is 5.92 Å². The molecule has 0 bridgehead atoms. The predicted molar refractivity (Wildman–Crippen MR) is 68.6 cm³/mol. The minimum atomic E-state index is -4.53. The summed E-state index contributed by atoms with van der Waals surface area (Å²) in [5, 5.41) is 0. The third-order valence-corrected chi connectivity index (χ3v) is 3.53. The number of alkyl halides is 3. The van der Waals surface area contributed by atoms with E-state index >= 15 is 0 Å². The molecule has 0 saturated heterocycles. The molecule has 0 spiro atoms. The lowest BCUT2D eigenvalue weighted by Gasteiger charge is -2.27. The Morgan fingerprint density at radius 1 is 1.33 bits per heavy atom. The van der Waals surface area contributed by atoms with Crippen molar-refractivity contribution in [3.8, 4) is 5.75 Å². The van der Waals surface area contributed by atoms with Crippen LogP contribution >= 0.6 is 0 Å². The number of esters is 1. The van der Waals surface area contributed by atoms with Crippen LogP contribution in [0.1, 0.15) is 18.4 Å². The minimum Gasteiger partial charge on any atom is -0.490 e. The summed E-state index contributed by atoms with van der Waals surface area (Å²) >= 11 is 0. The third-order valence-electron chi connectivity index (χ3n) is 3.53. The number of rotatable bonds is 5. The Morgan fingerprint density at radius 3 is 2.48 bits per heavy atom. The van der Waals surface area contributed by atoms with E-state index in [0.717, 1.165) is 18.9 Å². The van der Waals surface area contributed by atoms with E-state index < -0.39 is 23.2 Å². The van der Waals surface area contributed by atoms with Crippen LogP contribution in [0.25, 0.3) is 0 Å². The number of benzene rings is 1. The van der Waals surface area contributed by atoms with Crippen LogP contribution in [0.2, 0.25) is 0 Å². The van der Waals surface area contributed by atoms with E-state index in [2.05, 4.69) is 4.74 Å². The maximum Gasteiger partial charge on any atom is 0.419 e. The number of carbonyl (C=O) groups excluding carboxylic acids is 1. The molecule has 0 amide bonds. The summed E-state index contributed by atoms with van der Waals surface area (Å²) in [5.74, 6) is -1.14. The van der Waals surface area contributed by atoms with Gasteiger partial charge in [-0.15, -0.1) is 0 Å². The first kappa shape index (κ1) is 15.6. The summed E-state index contributed by atoms with van der Waals surface area (Å²) in [4.78, 5) is 11.8. The Labute approximate surface area is 120 Å². The third kappa shape index (κ3) is 3.29. The van der Waals surface area contributed by atoms with Gasteiger partial charge >= 0.3 is 12.1 Å². The Hall–Kier alpha value is -1.76. The van der Waals surface area contributed by atoms with Crippen molar-refractivity contribution in [1.29, 1.82) is 0 Å². The summed E-state index contributed by atoms with van der Waals surface area (Å²) in [6, 6.07) is 4.82. The number of halogens is 3. The van der Waals surface area contributed by atoms with Crippen LogP contribution in [-0.2, 0) is 15.7 Å². The van der Waals surface area contributed by atoms with Gasteiger partial charge in [0, 0.05) is 0 Å². The molecule has 2 N–H and O–H groups in total. The Kier molecular flexibility index (Phi) is 4.13. The van der Waals surface area contributed by atoms with Crippen molar-refractivity contribution in [2.75, 3.05) is 13.7 Å². The molecule has 7 heteroatoms. The first-order chi connectivity index (χ1) is 9.79. The maximum absolute atomic E-state index is 12.9. The first-order valence-electron chi connectivity index (χ1n) is 6.45. The van der Waals surface area contributed by atoms with Crippen molar-refractivity contribution >= 4 is 5.97 Å². The van der Waals surface area contributed by atoms with E-state index in [0.29, 0.717) is 0 Å². The van der Waals surface area contributed by atoms with Gasteiger partial charge in [-0.05, 0) is 30.9 Å². The van der Waals surface area contributed by atoms with Gasteiger partial charge in [0.05, 0.1) is 12.7 Å². The summed E-state index contributed by atoms with van der Waals surface area (Å²) in [5.41, 5.74) is 3.68. The van der Waals surface area contributed by atoms with Crippen LogP contribution in [0.4, 0.5) is 13.2 Å². The summed E-state index contributed by atoms with van der Waals surface area (Å²) in [6.45, 7) is -0.350. The average Bonchev–Trinajstić information content (AvgIpc) is 3.28. The highest BCUT2D eigenvalue weighted by Gasteiger charge is 2.50. The van der Waals surface area contributed by atoms with E-state index in [1.54, 1.807) is 0 Å². The fraction of sp³-hybridized carbons (Fsp3) is 0.500. The van der Waals surface area contributed by atoms with Gasteiger partial charge in [0.15, 0.2) is 5.54 Å². The highest BCUT2D eigenvalue weighted by Crippen LogP contribution is 2.40. The SMILES string of the molecule is COC(=O)C(N)(COc1ccccc1C(F)(F)F)C1CC1. The fourth-order valence-corrected chi connectivity index (χ4v) is 2.16. The van der Waals surface area contributed by atoms with E-state index in [4.69, 9.17) is 10.5 Å². The molecule has 0 aliphatic heterocycles. The normalized spacial score (nSPS) is 18.0. The van der Waals surface area contributed by atoms with Gasteiger partial charge in [-0.1, -0.05) is 12.1 Å². The molecule has 1 aromatic carbocycles. The molecule has 1 unspecified atom stereocenters. The van der Waals surface area contributed by atoms with Crippen LogP contribution < -0.4 is 10.5 Å². The summed E-state index contributed by atoms with van der Waals surface area (Å²) < 4.78 is 48.4. The standard InChI is InChI=1S/C14H16F3NO3/c1-20-12(19)13(18,9-6-7-9)8-21-11-5-3-2-4-10(11)14(15,16)17/h2-5,9H,6-8,18H2,1H3. The molecule has 1 aromatic rings. The number of methoxy groups -OCH3 is 1. The molecular formula is C14H16F3NO3. The fourth-order valence-electron chi connectivity index (χ4n) is 2.16.